The molecule has 25 heavy (non-hydrogen) atoms. The lowest BCUT2D eigenvalue weighted by atomic mass is 9.90. The number of pyridine rings is 1. The fraction of sp³-hybridized carbons (Fsp3) is 0.350. The molecule has 128 valence electrons. The Morgan fingerprint density at radius 2 is 2.08 bits per heavy atom. The molecule has 0 bridgehead atoms. The molecule has 1 aliphatic heterocycles. The molecule has 3 heterocycles. The lowest BCUT2D eigenvalue weighted by Gasteiger charge is -2.31. The molecule has 0 atom stereocenters. The summed E-state index contributed by atoms with van der Waals surface area (Å²) < 4.78 is 17.2. The van der Waals surface area contributed by atoms with Crippen molar-refractivity contribution < 1.29 is 14.2 Å². The van der Waals surface area contributed by atoms with Crippen molar-refractivity contribution in [3.8, 4) is 17.0 Å². The fourth-order valence-electron chi connectivity index (χ4n) is 3.98. The van der Waals surface area contributed by atoms with Crippen LogP contribution in [0.1, 0.15) is 17.7 Å². The maximum absolute atomic E-state index is 5.93. The van der Waals surface area contributed by atoms with Crippen LogP contribution in [0.2, 0.25) is 0 Å². The molecular weight excluding hydrogens is 316 g/mol. The van der Waals surface area contributed by atoms with Crippen LogP contribution in [0.3, 0.4) is 0 Å². The summed E-state index contributed by atoms with van der Waals surface area (Å²) in [6, 6.07) is 10.2. The van der Waals surface area contributed by atoms with Gasteiger partial charge in [0.15, 0.2) is 5.79 Å². The van der Waals surface area contributed by atoms with Crippen molar-refractivity contribution in [1.82, 2.24) is 9.97 Å². The number of benzene rings is 1. The van der Waals surface area contributed by atoms with Gasteiger partial charge in [0.2, 0.25) is 0 Å². The summed E-state index contributed by atoms with van der Waals surface area (Å²) in [4.78, 5) is 8.16. The highest BCUT2D eigenvalue weighted by Gasteiger charge is 2.41. The molecule has 0 unspecified atom stereocenters. The minimum Gasteiger partial charge on any atom is -0.497 e. The molecule has 0 saturated carbocycles. The number of aryl methyl sites for hydroxylation is 1. The third kappa shape index (κ3) is 2.42. The molecule has 5 rings (SSSR count). The number of rotatable bonds is 2. The van der Waals surface area contributed by atoms with Gasteiger partial charge in [0.25, 0.3) is 0 Å². The number of aromatic amines is 1. The minimum atomic E-state index is -0.429. The van der Waals surface area contributed by atoms with Gasteiger partial charge in [0.1, 0.15) is 5.75 Å². The number of fused-ring (bicyclic) bond motifs is 3. The number of nitrogens with zero attached hydrogens (tertiary/aromatic N) is 1. The molecule has 5 nitrogen and oxygen atoms in total. The summed E-state index contributed by atoms with van der Waals surface area (Å²) in [5.41, 5.74) is 5.65. The van der Waals surface area contributed by atoms with Crippen LogP contribution < -0.4 is 4.74 Å². The average Bonchev–Trinajstić information content (AvgIpc) is 3.26. The van der Waals surface area contributed by atoms with E-state index in [1.54, 1.807) is 7.11 Å². The highest BCUT2D eigenvalue weighted by Crippen LogP contribution is 2.39. The van der Waals surface area contributed by atoms with Crippen LogP contribution in [-0.2, 0) is 22.3 Å². The van der Waals surface area contributed by atoms with Gasteiger partial charge in [-0.1, -0.05) is 12.1 Å². The third-order valence-electron chi connectivity index (χ3n) is 5.26. The number of aromatic nitrogens is 2. The molecule has 1 spiro atoms. The van der Waals surface area contributed by atoms with Crippen LogP contribution in [-0.4, -0.2) is 36.1 Å². The van der Waals surface area contributed by atoms with Crippen molar-refractivity contribution in [2.45, 2.75) is 25.0 Å². The van der Waals surface area contributed by atoms with Gasteiger partial charge < -0.3 is 19.2 Å². The topological polar surface area (TPSA) is 56.4 Å². The largest absolute Gasteiger partial charge is 0.497 e. The van der Waals surface area contributed by atoms with E-state index in [2.05, 4.69) is 22.1 Å². The van der Waals surface area contributed by atoms with Gasteiger partial charge in [-0.2, -0.15) is 0 Å². The van der Waals surface area contributed by atoms with E-state index < -0.39 is 5.79 Å². The summed E-state index contributed by atoms with van der Waals surface area (Å²) in [6.07, 6.45) is 4.57. The Morgan fingerprint density at radius 3 is 2.92 bits per heavy atom. The smallest absolute Gasteiger partial charge is 0.172 e. The summed E-state index contributed by atoms with van der Waals surface area (Å²) in [7, 11) is 1.68. The van der Waals surface area contributed by atoms with Crippen molar-refractivity contribution in [3.05, 3.63) is 47.8 Å². The van der Waals surface area contributed by atoms with Crippen LogP contribution >= 0.6 is 0 Å². The Bertz CT molecular complexity index is 941. The van der Waals surface area contributed by atoms with Crippen molar-refractivity contribution >= 4 is 10.9 Å². The zero-order valence-electron chi connectivity index (χ0n) is 14.2. The van der Waals surface area contributed by atoms with Crippen LogP contribution in [0.25, 0.3) is 22.2 Å². The van der Waals surface area contributed by atoms with Crippen LogP contribution in [0, 0.1) is 0 Å². The van der Waals surface area contributed by atoms with Crippen LogP contribution in [0.5, 0.6) is 5.75 Å². The Labute approximate surface area is 145 Å². The Hall–Kier alpha value is -2.37. The molecule has 1 aromatic carbocycles. The summed E-state index contributed by atoms with van der Waals surface area (Å²) in [5, 5.41) is 1.21. The van der Waals surface area contributed by atoms with E-state index in [9.17, 15) is 0 Å². The van der Waals surface area contributed by atoms with E-state index in [1.165, 1.54) is 16.6 Å². The fourth-order valence-corrected chi connectivity index (χ4v) is 3.98. The zero-order valence-corrected chi connectivity index (χ0v) is 14.2. The van der Waals surface area contributed by atoms with Gasteiger partial charge in [0, 0.05) is 29.5 Å². The van der Waals surface area contributed by atoms with E-state index in [4.69, 9.17) is 14.2 Å². The van der Waals surface area contributed by atoms with Crippen molar-refractivity contribution in [2.24, 2.45) is 0 Å². The Morgan fingerprint density at radius 1 is 1.20 bits per heavy atom. The SMILES string of the molecule is COc1cccc(-c2cc3c4c([nH]c3cn2)CCC2(C4)OCCO2)c1. The van der Waals surface area contributed by atoms with Gasteiger partial charge in [-0.3, -0.25) is 4.98 Å². The van der Waals surface area contributed by atoms with Crippen molar-refractivity contribution in [2.75, 3.05) is 20.3 Å². The van der Waals surface area contributed by atoms with Gasteiger partial charge >= 0.3 is 0 Å². The number of H-pyrrole nitrogens is 1. The Kier molecular flexibility index (Phi) is 3.33. The van der Waals surface area contributed by atoms with E-state index in [0.717, 1.165) is 41.8 Å². The van der Waals surface area contributed by atoms with Crippen LogP contribution in [0.15, 0.2) is 36.5 Å². The first-order chi connectivity index (χ1) is 12.3. The normalized spacial score (nSPS) is 18.6. The molecule has 5 heteroatoms. The maximum Gasteiger partial charge on any atom is 0.172 e. The quantitative estimate of drug-likeness (QED) is 0.778. The first kappa shape index (κ1) is 14.9. The number of methoxy groups -OCH3 is 1. The van der Waals surface area contributed by atoms with Gasteiger partial charge in [-0.05, 0) is 30.2 Å². The third-order valence-corrected chi connectivity index (χ3v) is 5.26. The van der Waals surface area contributed by atoms with Gasteiger partial charge in [-0.25, -0.2) is 0 Å². The van der Waals surface area contributed by atoms with E-state index in [0.29, 0.717) is 13.2 Å². The number of nitrogens with one attached hydrogen (secondary N) is 1. The Balaban J connectivity index is 1.60. The predicted molar refractivity (Wildman–Crippen MR) is 94.7 cm³/mol. The second-order valence-corrected chi connectivity index (χ2v) is 6.71. The highest BCUT2D eigenvalue weighted by molar-refractivity contribution is 5.87. The van der Waals surface area contributed by atoms with Crippen molar-refractivity contribution in [3.63, 3.8) is 0 Å². The van der Waals surface area contributed by atoms with Crippen LogP contribution in [0.4, 0.5) is 0 Å². The predicted octanol–water partition coefficient (Wildman–Crippen LogP) is 3.47. The van der Waals surface area contributed by atoms with Gasteiger partial charge in [-0.15, -0.1) is 0 Å². The van der Waals surface area contributed by atoms with E-state index in [-0.39, 0.29) is 0 Å². The first-order valence-electron chi connectivity index (χ1n) is 8.68. The molecule has 2 aliphatic rings. The summed E-state index contributed by atoms with van der Waals surface area (Å²) in [5.74, 6) is 0.406. The second kappa shape index (κ2) is 5.58. The lowest BCUT2D eigenvalue weighted by Crippen LogP contribution is -2.36. The zero-order chi connectivity index (χ0) is 16.9. The highest BCUT2D eigenvalue weighted by atomic mass is 16.7. The molecule has 1 N–H and O–H groups in total. The second-order valence-electron chi connectivity index (χ2n) is 6.71. The molecule has 2 aromatic heterocycles. The first-order valence-corrected chi connectivity index (χ1v) is 8.68. The summed E-state index contributed by atoms with van der Waals surface area (Å²) >= 11 is 0. The number of ether oxygens (including phenoxy) is 3. The maximum atomic E-state index is 5.93. The number of hydrogen-bond donors (Lipinski definition) is 1. The number of hydrogen-bond acceptors (Lipinski definition) is 4. The molecule has 0 amide bonds. The summed E-state index contributed by atoms with van der Waals surface area (Å²) in [6.45, 7) is 1.38. The van der Waals surface area contributed by atoms with E-state index >= 15 is 0 Å². The minimum absolute atomic E-state index is 0.429. The molecule has 0 radical (unpaired) electrons. The van der Waals surface area contributed by atoms with E-state index in [1.807, 2.05) is 24.4 Å². The standard InChI is InChI=1S/C20H20N2O3/c1-23-14-4-2-3-13(9-14)18-10-15-16-11-20(24-7-8-25-20)6-5-17(16)22-19(15)12-21-18/h2-4,9-10,12,22H,5-8,11H2,1H3. The molecular formula is C20H20N2O3. The lowest BCUT2D eigenvalue weighted by molar-refractivity contribution is -0.163. The monoisotopic (exact) mass is 336 g/mol. The molecule has 1 aliphatic carbocycles. The van der Waals surface area contributed by atoms with Gasteiger partial charge in [0.05, 0.1) is 37.7 Å². The molecule has 3 aromatic rings. The average molecular weight is 336 g/mol. The molecule has 1 saturated heterocycles. The van der Waals surface area contributed by atoms with Crippen molar-refractivity contribution in [1.29, 1.82) is 0 Å². The molecule has 1 fully saturated rings.